The molecule has 0 aliphatic carbocycles. The Bertz CT molecular complexity index is 1350. The highest BCUT2D eigenvalue weighted by atomic mass is 35.5. The van der Waals surface area contributed by atoms with E-state index in [0.29, 0.717) is 26.9 Å². The van der Waals surface area contributed by atoms with Gasteiger partial charge in [-0.3, -0.25) is 4.98 Å². The molecule has 0 aliphatic rings. The van der Waals surface area contributed by atoms with Gasteiger partial charge in [-0.05, 0) is 25.1 Å². The molecule has 1 N–H and O–H groups in total. The molecular weight excluding hydrogens is 468 g/mol. The van der Waals surface area contributed by atoms with Crippen LogP contribution in [0.15, 0.2) is 67.0 Å². The average Bonchev–Trinajstić information content (AvgIpc) is 3.35. The van der Waals surface area contributed by atoms with E-state index >= 15 is 0 Å². The Labute approximate surface area is 207 Å². The molecule has 0 spiro atoms. The van der Waals surface area contributed by atoms with Crippen molar-refractivity contribution in [2.75, 3.05) is 14.1 Å². The number of halogens is 1. The van der Waals surface area contributed by atoms with Crippen LogP contribution in [0.5, 0.6) is 5.75 Å². The number of fused-ring (bicyclic) bond motifs is 1. The lowest BCUT2D eigenvalue weighted by Crippen LogP contribution is -2.11. The second-order valence-corrected chi connectivity index (χ2v) is 9.23. The number of hydrogen-bond acceptors (Lipinski definition) is 7. The van der Waals surface area contributed by atoms with Crippen LogP contribution in [-0.4, -0.2) is 39.1 Å². The highest BCUT2D eigenvalue weighted by molar-refractivity contribution is 7.09. The van der Waals surface area contributed by atoms with Gasteiger partial charge in [0, 0.05) is 71.5 Å². The van der Waals surface area contributed by atoms with Crippen molar-refractivity contribution in [2.45, 2.75) is 19.6 Å². The van der Waals surface area contributed by atoms with Crippen LogP contribution in [0.2, 0.25) is 5.02 Å². The molecule has 0 amide bonds. The third-order valence-corrected chi connectivity index (χ3v) is 6.51. The first kappa shape index (κ1) is 23.9. The molecular formula is C26H25ClN4O2S. The summed E-state index contributed by atoms with van der Waals surface area (Å²) in [6.45, 7) is 5.96. The Morgan fingerprint density at radius 2 is 2.15 bits per heavy atom. The molecule has 34 heavy (non-hydrogen) atoms. The van der Waals surface area contributed by atoms with Crippen molar-refractivity contribution in [2.24, 2.45) is 0 Å². The molecule has 0 fully saturated rings. The zero-order valence-electron chi connectivity index (χ0n) is 19.2. The second-order valence-electron chi connectivity index (χ2n) is 7.90. The van der Waals surface area contributed by atoms with Crippen molar-refractivity contribution >= 4 is 39.5 Å². The van der Waals surface area contributed by atoms with E-state index in [1.165, 1.54) is 11.3 Å². The van der Waals surface area contributed by atoms with Crippen molar-refractivity contribution in [1.29, 1.82) is 0 Å². The van der Waals surface area contributed by atoms with Crippen LogP contribution in [-0.2, 0) is 6.61 Å². The maximum Gasteiger partial charge on any atom is 0.146 e. The smallest absolute Gasteiger partial charge is 0.146 e. The molecule has 0 radical (unpaired) electrons. The monoisotopic (exact) mass is 492 g/mol. The van der Waals surface area contributed by atoms with E-state index in [9.17, 15) is 5.11 Å². The number of aryl methyl sites for hydroxylation is 1. The number of para-hydroxylation sites is 1. The second kappa shape index (κ2) is 10.3. The summed E-state index contributed by atoms with van der Waals surface area (Å²) in [5.41, 5.74) is 4.91. The summed E-state index contributed by atoms with van der Waals surface area (Å²) in [7, 11) is 4.00. The normalized spacial score (nSPS) is 12.6. The number of rotatable bonds is 8. The van der Waals surface area contributed by atoms with Crippen LogP contribution in [0.25, 0.3) is 16.6 Å². The summed E-state index contributed by atoms with van der Waals surface area (Å²) in [4.78, 5) is 15.2. The number of pyridine rings is 2. The topological polar surface area (TPSA) is 71.4 Å². The van der Waals surface area contributed by atoms with Crippen molar-refractivity contribution in [3.8, 4) is 5.75 Å². The molecule has 0 aliphatic heterocycles. The quantitative estimate of drug-likeness (QED) is 0.313. The summed E-state index contributed by atoms with van der Waals surface area (Å²) in [5.74, 6) is 0.627. The van der Waals surface area contributed by atoms with Gasteiger partial charge in [0.15, 0.2) is 0 Å². The Kier molecular flexibility index (Phi) is 7.26. The zero-order chi connectivity index (χ0) is 24.2. The third-order valence-electron chi connectivity index (χ3n) is 5.35. The Balaban J connectivity index is 1.74. The summed E-state index contributed by atoms with van der Waals surface area (Å²) in [6, 6.07) is 7.92. The molecule has 1 aromatic carbocycles. The fraction of sp³-hybridized carbons (Fsp3) is 0.192. The van der Waals surface area contributed by atoms with Gasteiger partial charge in [-0.1, -0.05) is 36.4 Å². The van der Waals surface area contributed by atoms with Gasteiger partial charge in [0.05, 0.1) is 5.02 Å². The van der Waals surface area contributed by atoms with Gasteiger partial charge in [0.2, 0.25) is 0 Å². The summed E-state index contributed by atoms with van der Waals surface area (Å²) < 4.78 is 6.25. The predicted molar refractivity (Wildman–Crippen MR) is 138 cm³/mol. The van der Waals surface area contributed by atoms with Crippen molar-refractivity contribution in [3.63, 3.8) is 0 Å². The fourth-order valence-electron chi connectivity index (χ4n) is 3.79. The minimum absolute atomic E-state index is 0.145. The van der Waals surface area contributed by atoms with Gasteiger partial charge in [-0.25, -0.2) is 9.97 Å². The van der Waals surface area contributed by atoms with Crippen LogP contribution >= 0.6 is 22.9 Å². The van der Waals surface area contributed by atoms with Gasteiger partial charge in [0.1, 0.15) is 29.0 Å². The van der Waals surface area contributed by atoms with Crippen molar-refractivity contribution < 1.29 is 9.84 Å². The number of aliphatic hydroxyl groups is 1. The number of thiazole rings is 1. The minimum Gasteiger partial charge on any atom is -0.487 e. The molecule has 1 unspecified atom stereocenters. The molecule has 8 heteroatoms. The summed E-state index contributed by atoms with van der Waals surface area (Å²) in [5, 5.41) is 14.6. The van der Waals surface area contributed by atoms with Crippen LogP contribution < -0.4 is 4.74 Å². The zero-order valence-corrected chi connectivity index (χ0v) is 20.8. The predicted octanol–water partition coefficient (Wildman–Crippen LogP) is 5.80. The van der Waals surface area contributed by atoms with E-state index in [2.05, 4.69) is 22.6 Å². The number of ether oxygens (including phenoxy) is 1. The molecule has 1 atom stereocenters. The Morgan fingerprint density at radius 3 is 2.85 bits per heavy atom. The summed E-state index contributed by atoms with van der Waals surface area (Å²) >= 11 is 7.84. The first-order valence-electron chi connectivity index (χ1n) is 10.6. The standard InChI is InChI=1S/C26H25ClN4O2S/c1-5-7-22(31(3)4)18-12-16(2)30-24-17(18)8-6-9-23(24)33-15-20-19(13-28-14-21(20)27)25(32)26-29-10-11-34-26/h5-14,25,32H,1,15H2,2-4H3/b22-7-. The van der Waals surface area contributed by atoms with E-state index in [0.717, 1.165) is 27.9 Å². The SMILES string of the molecule is C=C/C=C(/c1cc(C)nc2c(OCc3c(Cl)cncc3C(O)c3nccs3)cccc12)N(C)C. The first-order valence-corrected chi connectivity index (χ1v) is 11.9. The van der Waals surface area contributed by atoms with E-state index in [-0.39, 0.29) is 6.61 Å². The lowest BCUT2D eigenvalue weighted by atomic mass is 10.0. The van der Waals surface area contributed by atoms with Crippen LogP contribution in [0.1, 0.15) is 33.5 Å². The Hall–Kier alpha value is -3.26. The lowest BCUT2D eigenvalue weighted by Gasteiger charge is -2.20. The number of hydrogen-bond donors (Lipinski definition) is 1. The molecule has 3 aromatic heterocycles. The van der Waals surface area contributed by atoms with Gasteiger partial charge >= 0.3 is 0 Å². The molecule has 3 heterocycles. The number of aromatic nitrogens is 3. The van der Waals surface area contributed by atoms with Gasteiger partial charge in [-0.15, -0.1) is 11.3 Å². The van der Waals surface area contributed by atoms with Crippen LogP contribution in [0.3, 0.4) is 0 Å². The lowest BCUT2D eigenvalue weighted by molar-refractivity contribution is 0.214. The molecule has 174 valence electrons. The highest BCUT2D eigenvalue weighted by Crippen LogP contribution is 2.34. The molecule has 0 bridgehead atoms. The molecule has 0 saturated heterocycles. The number of aliphatic hydroxyl groups excluding tert-OH is 1. The maximum atomic E-state index is 10.9. The molecule has 0 saturated carbocycles. The van der Waals surface area contributed by atoms with Gasteiger partial charge in [0.25, 0.3) is 0 Å². The van der Waals surface area contributed by atoms with Gasteiger partial charge in [-0.2, -0.15) is 0 Å². The van der Waals surface area contributed by atoms with E-state index in [1.807, 2.05) is 55.6 Å². The van der Waals surface area contributed by atoms with Crippen LogP contribution in [0.4, 0.5) is 0 Å². The molecule has 4 aromatic rings. The number of nitrogens with zero attached hydrogens (tertiary/aromatic N) is 4. The molecule has 6 nitrogen and oxygen atoms in total. The Morgan fingerprint density at radius 1 is 1.32 bits per heavy atom. The number of benzene rings is 1. The van der Waals surface area contributed by atoms with E-state index < -0.39 is 6.10 Å². The maximum absolute atomic E-state index is 10.9. The molecule has 4 rings (SSSR count). The van der Waals surface area contributed by atoms with E-state index in [4.69, 9.17) is 21.3 Å². The minimum atomic E-state index is -0.934. The largest absolute Gasteiger partial charge is 0.487 e. The van der Waals surface area contributed by atoms with Gasteiger partial charge < -0.3 is 14.7 Å². The average molecular weight is 493 g/mol. The van der Waals surface area contributed by atoms with Crippen molar-refractivity contribution in [3.05, 3.63) is 99.4 Å². The third kappa shape index (κ3) is 4.82. The fourth-order valence-corrected chi connectivity index (χ4v) is 4.65. The first-order chi connectivity index (χ1) is 16.4. The highest BCUT2D eigenvalue weighted by Gasteiger charge is 2.21. The van der Waals surface area contributed by atoms with Crippen LogP contribution in [0, 0.1) is 6.92 Å². The van der Waals surface area contributed by atoms with E-state index in [1.54, 1.807) is 24.7 Å². The van der Waals surface area contributed by atoms with Crippen molar-refractivity contribution in [1.82, 2.24) is 19.9 Å². The summed E-state index contributed by atoms with van der Waals surface area (Å²) in [6.07, 6.45) is 7.62. The number of allylic oxidation sites excluding steroid dienone is 2.